The molecule has 0 N–H and O–H groups in total. The van der Waals surface area contributed by atoms with Crippen molar-refractivity contribution in [3.63, 3.8) is 0 Å². The molecule has 1 unspecified atom stereocenters. The molecule has 7 nitrogen and oxygen atoms in total. The minimum Gasteiger partial charge on any atom is -0.361 e. The first-order chi connectivity index (χ1) is 11.0. The van der Waals surface area contributed by atoms with Crippen molar-refractivity contribution in [1.82, 2.24) is 20.3 Å². The summed E-state index contributed by atoms with van der Waals surface area (Å²) in [7, 11) is 3.85. The van der Waals surface area contributed by atoms with E-state index in [-0.39, 0.29) is 11.9 Å². The predicted molar refractivity (Wildman–Crippen MR) is 85.3 cm³/mol. The van der Waals surface area contributed by atoms with Gasteiger partial charge in [0.15, 0.2) is 5.82 Å². The van der Waals surface area contributed by atoms with Gasteiger partial charge in [0.05, 0.1) is 17.4 Å². The summed E-state index contributed by atoms with van der Waals surface area (Å²) in [5.74, 6) is 1.32. The van der Waals surface area contributed by atoms with Crippen LogP contribution in [0.25, 0.3) is 0 Å². The van der Waals surface area contributed by atoms with Crippen molar-refractivity contribution in [2.75, 3.05) is 25.5 Å². The van der Waals surface area contributed by atoms with Gasteiger partial charge in [0.2, 0.25) is 0 Å². The second-order valence-corrected chi connectivity index (χ2v) is 6.07. The highest BCUT2D eigenvalue weighted by atomic mass is 16.5. The Morgan fingerprint density at radius 2 is 2.09 bits per heavy atom. The van der Waals surface area contributed by atoms with E-state index in [1.807, 2.05) is 36.0 Å². The number of aryl methyl sites for hydroxylation is 2. The van der Waals surface area contributed by atoms with E-state index >= 15 is 0 Å². The number of anilines is 1. The fourth-order valence-corrected chi connectivity index (χ4v) is 3.00. The summed E-state index contributed by atoms with van der Waals surface area (Å²) in [4.78, 5) is 16.6. The van der Waals surface area contributed by atoms with E-state index in [0.717, 1.165) is 24.4 Å². The number of carbonyl (C=O) groups is 1. The SMILES string of the molecule is Cc1noc(C)c1C(=O)N1CCCC1c1ccc(N(C)C)nn1. The molecule has 7 heteroatoms. The van der Waals surface area contributed by atoms with Gasteiger partial charge in [-0.05, 0) is 38.8 Å². The summed E-state index contributed by atoms with van der Waals surface area (Å²) in [6, 6.07) is 3.84. The van der Waals surface area contributed by atoms with E-state index in [0.29, 0.717) is 23.6 Å². The zero-order valence-corrected chi connectivity index (χ0v) is 13.9. The molecule has 1 saturated heterocycles. The molecule has 0 spiro atoms. The third-order valence-electron chi connectivity index (χ3n) is 4.23. The molecule has 0 saturated carbocycles. The normalized spacial score (nSPS) is 17.6. The largest absolute Gasteiger partial charge is 0.361 e. The Hall–Kier alpha value is -2.44. The molecule has 1 amide bonds. The maximum atomic E-state index is 12.9. The quantitative estimate of drug-likeness (QED) is 0.863. The molecule has 1 aliphatic rings. The molecule has 1 aliphatic heterocycles. The molecule has 122 valence electrons. The third kappa shape index (κ3) is 2.78. The van der Waals surface area contributed by atoms with Gasteiger partial charge in [0, 0.05) is 20.6 Å². The van der Waals surface area contributed by atoms with Crippen LogP contribution < -0.4 is 4.90 Å². The van der Waals surface area contributed by atoms with Gasteiger partial charge in [-0.2, -0.15) is 5.10 Å². The summed E-state index contributed by atoms with van der Waals surface area (Å²) in [5.41, 5.74) is 2.02. The van der Waals surface area contributed by atoms with Crippen molar-refractivity contribution in [3.05, 3.63) is 34.8 Å². The second kappa shape index (κ2) is 5.98. The number of amides is 1. The van der Waals surface area contributed by atoms with Gasteiger partial charge in [-0.3, -0.25) is 4.79 Å². The van der Waals surface area contributed by atoms with E-state index < -0.39 is 0 Å². The van der Waals surface area contributed by atoms with Crippen molar-refractivity contribution in [1.29, 1.82) is 0 Å². The minimum absolute atomic E-state index is 0.0396. The van der Waals surface area contributed by atoms with Gasteiger partial charge in [-0.25, -0.2) is 0 Å². The van der Waals surface area contributed by atoms with Crippen LogP contribution in [0.4, 0.5) is 5.82 Å². The lowest BCUT2D eigenvalue weighted by Crippen LogP contribution is -2.31. The molecule has 23 heavy (non-hydrogen) atoms. The lowest BCUT2D eigenvalue weighted by molar-refractivity contribution is 0.0730. The highest BCUT2D eigenvalue weighted by Gasteiger charge is 2.34. The van der Waals surface area contributed by atoms with Gasteiger partial charge in [0.1, 0.15) is 11.3 Å². The van der Waals surface area contributed by atoms with Crippen LogP contribution in [0.1, 0.15) is 46.4 Å². The minimum atomic E-state index is -0.0417. The van der Waals surface area contributed by atoms with Crippen LogP contribution in [0.2, 0.25) is 0 Å². The topological polar surface area (TPSA) is 75.4 Å². The van der Waals surface area contributed by atoms with E-state index in [2.05, 4.69) is 15.4 Å². The van der Waals surface area contributed by atoms with E-state index in [1.165, 1.54) is 0 Å². The lowest BCUT2D eigenvalue weighted by atomic mass is 10.1. The molecule has 3 rings (SSSR count). The maximum absolute atomic E-state index is 12.9. The molecule has 3 heterocycles. The number of hydrogen-bond acceptors (Lipinski definition) is 6. The Morgan fingerprint density at radius 1 is 1.30 bits per heavy atom. The highest BCUT2D eigenvalue weighted by molar-refractivity contribution is 5.96. The Balaban J connectivity index is 1.87. The third-order valence-corrected chi connectivity index (χ3v) is 4.23. The molecule has 1 fully saturated rings. The van der Waals surface area contributed by atoms with Gasteiger partial charge in [0.25, 0.3) is 5.91 Å². The number of likely N-dealkylation sites (tertiary alicyclic amines) is 1. The van der Waals surface area contributed by atoms with Gasteiger partial charge in [-0.15, -0.1) is 5.10 Å². The molecule has 0 aliphatic carbocycles. The molecule has 0 aromatic carbocycles. The summed E-state index contributed by atoms with van der Waals surface area (Å²) in [5, 5.41) is 12.4. The van der Waals surface area contributed by atoms with Gasteiger partial charge >= 0.3 is 0 Å². The zero-order chi connectivity index (χ0) is 16.6. The Morgan fingerprint density at radius 3 is 2.65 bits per heavy atom. The van der Waals surface area contributed by atoms with E-state index in [1.54, 1.807) is 13.8 Å². The predicted octanol–water partition coefficient (Wildman–Crippen LogP) is 2.12. The van der Waals surface area contributed by atoms with E-state index in [4.69, 9.17) is 4.52 Å². The fourth-order valence-electron chi connectivity index (χ4n) is 3.00. The summed E-state index contributed by atoms with van der Waals surface area (Å²) in [6.45, 7) is 4.27. The number of carbonyl (C=O) groups excluding carboxylic acids is 1. The first-order valence-electron chi connectivity index (χ1n) is 7.74. The Kier molecular flexibility index (Phi) is 4.02. The first-order valence-corrected chi connectivity index (χ1v) is 7.74. The van der Waals surface area contributed by atoms with E-state index in [9.17, 15) is 4.79 Å². The zero-order valence-electron chi connectivity index (χ0n) is 13.9. The van der Waals surface area contributed by atoms with Crippen LogP contribution >= 0.6 is 0 Å². The average molecular weight is 315 g/mol. The molecule has 0 bridgehead atoms. The van der Waals surface area contributed by atoms with Crippen molar-refractivity contribution >= 4 is 11.7 Å². The van der Waals surface area contributed by atoms with Crippen LogP contribution in [0.15, 0.2) is 16.7 Å². The molecular weight excluding hydrogens is 294 g/mol. The maximum Gasteiger partial charge on any atom is 0.259 e. The van der Waals surface area contributed by atoms with Crippen LogP contribution in [0.5, 0.6) is 0 Å². The Bertz CT molecular complexity index is 688. The average Bonchev–Trinajstić information content (AvgIpc) is 3.14. The second-order valence-electron chi connectivity index (χ2n) is 6.07. The summed E-state index contributed by atoms with van der Waals surface area (Å²) < 4.78 is 5.13. The van der Waals surface area contributed by atoms with Crippen LogP contribution in [-0.4, -0.2) is 46.8 Å². The monoisotopic (exact) mass is 315 g/mol. The van der Waals surface area contributed by atoms with Crippen molar-refractivity contribution in [2.45, 2.75) is 32.7 Å². The molecule has 0 radical (unpaired) electrons. The smallest absolute Gasteiger partial charge is 0.259 e. The van der Waals surface area contributed by atoms with Crippen molar-refractivity contribution in [2.24, 2.45) is 0 Å². The van der Waals surface area contributed by atoms with Crippen LogP contribution in [0, 0.1) is 13.8 Å². The lowest BCUT2D eigenvalue weighted by Gasteiger charge is -2.24. The number of aromatic nitrogens is 3. The fraction of sp³-hybridized carbons (Fsp3) is 0.500. The Labute approximate surface area is 135 Å². The van der Waals surface area contributed by atoms with Crippen molar-refractivity contribution < 1.29 is 9.32 Å². The first kappa shape index (κ1) is 15.5. The van der Waals surface area contributed by atoms with Crippen LogP contribution in [0.3, 0.4) is 0 Å². The number of nitrogens with zero attached hydrogens (tertiary/aromatic N) is 5. The number of hydrogen-bond donors (Lipinski definition) is 0. The number of rotatable bonds is 3. The molecule has 1 atom stereocenters. The van der Waals surface area contributed by atoms with Gasteiger partial charge in [-0.1, -0.05) is 5.16 Å². The summed E-state index contributed by atoms with van der Waals surface area (Å²) in [6.07, 6.45) is 1.85. The van der Waals surface area contributed by atoms with Crippen LogP contribution in [-0.2, 0) is 0 Å². The molecular formula is C16H21N5O2. The molecule has 2 aromatic rings. The standard InChI is InChI=1S/C16H21N5O2/c1-10-15(11(2)23-19-10)16(22)21-9-5-6-13(21)12-7-8-14(18-17-12)20(3)4/h7-8,13H,5-6,9H2,1-4H3. The highest BCUT2D eigenvalue weighted by Crippen LogP contribution is 2.33. The summed E-state index contributed by atoms with van der Waals surface area (Å²) >= 11 is 0. The van der Waals surface area contributed by atoms with Gasteiger partial charge < -0.3 is 14.3 Å². The van der Waals surface area contributed by atoms with Crippen molar-refractivity contribution in [3.8, 4) is 0 Å². The molecule has 2 aromatic heterocycles.